The Morgan fingerprint density at radius 3 is 2.36 bits per heavy atom. The van der Waals surface area contributed by atoms with Crippen molar-refractivity contribution in [3.63, 3.8) is 0 Å². The summed E-state index contributed by atoms with van der Waals surface area (Å²) in [5.74, 6) is -1.09. The lowest BCUT2D eigenvalue weighted by atomic mass is 9.99. The molecular formula is C18H20FNO2. The van der Waals surface area contributed by atoms with Crippen molar-refractivity contribution in [3.05, 3.63) is 58.9 Å². The summed E-state index contributed by atoms with van der Waals surface area (Å²) in [7, 11) is 0. The fraction of sp³-hybridized carbons (Fsp3) is 0.278. The van der Waals surface area contributed by atoms with Crippen molar-refractivity contribution in [2.45, 2.75) is 26.8 Å². The Hall–Kier alpha value is -2.20. The molecule has 0 saturated carbocycles. The van der Waals surface area contributed by atoms with E-state index in [1.165, 1.54) is 17.7 Å². The van der Waals surface area contributed by atoms with Crippen molar-refractivity contribution in [2.75, 3.05) is 6.61 Å². The molecular weight excluding hydrogens is 281 g/mol. The average molecular weight is 301 g/mol. The normalized spacial score (nSPS) is 12.0. The molecule has 2 aromatic rings. The molecule has 22 heavy (non-hydrogen) atoms. The third kappa shape index (κ3) is 3.52. The molecule has 2 aromatic carbocycles. The van der Waals surface area contributed by atoms with Crippen LogP contribution in [0.3, 0.4) is 0 Å². The van der Waals surface area contributed by atoms with Gasteiger partial charge in [0.1, 0.15) is 5.82 Å². The molecule has 116 valence electrons. The number of aryl methyl sites for hydroxylation is 2. The Bertz CT molecular complexity index is 697. The van der Waals surface area contributed by atoms with Gasteiger partial charge in [-0.05, 0) is 55.2 Å². The minimum absolute atomic E-state index is 0.0205. The van der Waals surface area contributed by atoms with Gasteiger partial charge in [-0.3, -0.25) is 4.79 Å². The molecule has 0 fully saturated rings. The van der Waals surface area contributed by atoms with Crippen LogP contribution in [0.2, 0.25) is 0 Å². The van der Waals surface area contributed by atoms with Crippen molar-refractivity contribution in [1.29, 1.82) is 0 Å². The number of hydrogen-bond donors (Lipinski definition) is 2. The van der Waals surface area contributed by atoms with Gasteiger partial charge in [-0.25, -0.2) is 4.39 Å². The van der Waals surface area contributed by atoms with Crippen molar-refractivity contribution >= 4 is 5.91 Å². The highest BCUT2D eigenvalue weighted by Gasteiger charge is 2.14. The van der Waals surface area contributed by atoms with E-state index in [2.05, 4.69) is 5.32 Å². The Balaban J connectivity index is 2.29. The quantitative estimate of drug-likeness (QED) is 0.911. The molecule has 2 rings (SSSR count). The third-order valence-corrected chi connectivity index (χ3v) is 3.71. The summed E-state index contributed by atoms with van der Waals surface area (Å²) in [5.41, 5.74) is 3.94. The minimum atomic E-state index is -0.571. The first-order chi connectivity index (χ1) is 10.4. The molecule has 0 bridgehead atoms. The molecule has 0 heterocycles. The van der Waals surface area contributed by atoms with E-state index in [0.29, 0.717) is 0 Å². The fourth-order valence-electron chi connectivity index (χ4n) is 2.15. The van der Waals surface area contributed by atoms with Gasteiger partial charge in [0.05, 0.1) is 12.2 Å². The number of benzene rings is 2. The summed E-state index contributed by atoms with van der Waals surface area (Å²) in [6, 6.07) is 10.1. The van der Waals surface area contributed by atoms with Crippen LogP contribution < -0.4 is 5.32 Å². The van der Waals surface area contributed by atoms with Crippen LogP contribution >= 0.6 is 0 Å². The highest BCUT2D eigenvalue weighted by Crippen LogP contribution is 2.24. The van der Waals surface area contributed by atoms with Crippen LogP contribution in [-0.4, -0.2) is 23.7 Å². The van der Waals surface area contributed by atoms with Crippen LogP contribution in [0.4, 0.5) is 4.39 Å². The Morgan fingerprint density at radius 1 is 1.14 bits per heavy atom. The van der Waals surface area contributed by atoms with Gasteiger partial charge < -0.3 is 10.4 Å². The second kappa shape index (κ2) is 6.71. The lowest BCUT2D eigenvalue weighted by Crippen LogP contribution is -2.35. The summed E-state index contributed by atoms with van der Waals surface area (Å²) in [6.45, 7) is 5.50. The predicted molar refractivity (Wildman–Crippen MR) is 85.3 cm³/mol. The van der Waals surface area contributed by atoms with Crippen molar-refractivity contribution in [2.24, 2.45) is 0 Å². The van der Waals surface area contributed by atoms with E-state index in [1.807, 2.05) is 32.0 Å². The first-order valence-electron chi connectivity index (χ1n) is 7.21. The number of rotatable bonds is 4. The standard InChI is InChI=1S/C18H20FNO2/c1-11-4-5-14(8-12(11)2)15-6-7-16(17(19)9-15)18(22)20-13(3)10-21/h4-9,13,21H,10H2,1-3H3,(H,20,22). The van der Waals surface area contributed by atoms with E-state index in [4.69, 9.17) is 5.11 Å². The summed E-state index contributed by atoms with van der Waals surface area (Å²) < 4.78 is 14.2. The van der Waals surface area contributed by atoms with Gasteiger partial charge in [-0.2, -0.15) is 0 Å². The molecule has 3 nitrogen and oxygen atoms in total. The maximum atomic E-state index is 14.2. The number of hydrogen-bond acceptors (Lipinski definition) is 2. The molecule has 1 amide bonds. The lowest BCUT2D eigenvalue weighted by molar-refractivity contribution is 0.0918. The molecule has 0 aromatic heterocycles. The number of nitrogens with one attached hydrogen (secondary N) is 1. The first-order valence-corrected chi connectivity index (χ1v) is 7.21. The number of aliphatic hydroxyl groups excluding tert-OH is 1. The molecule has 0 saturated heterocycles. The predicted octanol–water partition coefficient (Wildman–Crippen LogP) is 3.22. The van der Waals surface area contributed by atoms with E-state index in [-0.39, 0.29) is 12.2 Å². The van der Waals surface area contributed by atoms with Gasteiger partial charge in [0.25, 0.3) is 5.91 Å². The van der Waals surface area contributed by atoms with Gasteiger partial charge in [-0.15, -0.1) is 0 Å². The SMILES string of the molecule is Cc1ccc(-c2ccc(C(=O)NC(C)CO)c(F)c2)cc1C. The van der Waals surface area contributed by atoms with E-state index < -0.39 is 17.8 Å². The van der Waals surface area contributed by atoms with Crippen molar-refractivity contribution in [1.82, 2.24) is 5.32 Å². The van der Waals surface area contributed by atoms with E-state index >= 15 is 0 Å². The van der Waals surface area contributed by atoms with Gasteiger partial charge >= 0.3 is 0 Å². The zero-order valence-corrected chi connectivity index (χ0v) is 13.0. The lowest BCUT2D eigenvalue weighted by Gasteiger charge is -2.12. The molecule has 0 radical (unpaired) electrons. The third-order valence-electron chi connectivity index (χ3n) is 3.71. The first kappa shape index (κ1) is 16.2. The number of halogens is 1. The van der Waals surface area contributed by atoms with Gasteiger partial charge in [-0.1, -0.05) is 24.3 Å². The number of carbonyl (C=O) groups is 1. The van der Waals surface area contributed by atoms with E-state index in [9.17, 15) is 9.18 Å². The van der Waals surface area contributed by atoms with Crippen LogP contribution in [0.1, 0.15) is 28.4 Å². The highest BCUT2D eigenvalue weighted by molar-refractivity contribution is 5.95. The topological polar surface area (TPSA) is 49.3 Å². The van der Waals surface area contributed by atoms with Crippen LogP contribution in [0, 0.1) is 19.7 Å². The van der Waals surface area contributed by atoms with E-state index in [0.717, 1.165) is 16.7 Å². The minimum Gasteiger partial charge on any atom is -0.394 e. The summed E-state index contributed by atoms with van der Waals surface area (Å²) in [6.07, 6.45) is 0. The van der Waals surface area contributed by atoms with Crippen molar-refractivity contribution < 1.29 is 14.3 Å². The van der Waals surface area contributed by atoms with Crippen LogP contribution in [-0.2, 0) is 0 Å². The monoisotopic (exact) mass is 301 g/mol. The van der Waals surface area contributed by atoms with Gasteiger partial charge in [0.15, 0.2) is 0 Å². The molecule has 0 aliphatic carbocycles. The fourth-order valence-corrected chi connectivity index (χ4v) is 2.15. The van der Waals surface area contributed by atoms with Gasteiger partial charge in [0.2, 0.25) is 0 Å². The number of carbonyl (C=O) groups excluding carboxylic acids is 1. The Kier molecular flexibility index (Phi) is 4.93. The van der Waals surface area contributed by atoms with Crippen molar-refractivity contribution in [3.8, 4) is 11.1 Å². The second-order valence-electron chi connectivity index (χ2n) is 5.55. The number of amides is 1. The Morgan fingerprint density at radius 2 is 1.77 bits per heavy atom. The summed E-state index contributed by atoms with van der Waals surface area (Å²) in [4.78, 5) is 11.9. The molecule has 0 aliphatic rings. The number of aliphatic hydroxyl groups is 1. The Labute approximate surface area is 129 Å². The van der Waals surface area contributed by atoms with Crippen LogP contribution in [0.15, 0.2) is 36.4 Å². The molecule has 4 heteroatoms. The zero-order valence-electron chi connectivity index (χ0n) is 13.0. The second-order valence-corrected chi connectivity index (χ2v) is 5.55. The van der Waals surface area contributed by atoms with E-state index in [1.54, 1.807) is 13.0 Å². The molecule has 2 N–H and O–H groups in total. The maximum Gasteiger partial charge on any atom is 0.254 e. The van der Waals surface area contributed by atoms with Crippen LogP contribution in [0.5, 0.6) is 0 Å². The molecule has 0 aliphatic heterocycles. The summed E-state index contributed by atoms with van der Waals surface area (Å²) >= 11 is 0. The molecule has 1 unspecified atom stereocenters. The highest BCUT2D eigenvalue weighted by atomic mass is 19.1. The van der Waals surface area contributed by atoms with Crippen LogP contribution in [0.25, 0.3) is 11.1 Å². The average Bonchev–Trinajstić information content (AvgIpc) is 2.49. The largest absolute Gasteiger partial charge is 0.394 e. The zero-order chi connectivity index (χ0) is 16.3. The summed E-state index contributed by atoms with van der Waals surface area (Å²) in [5, 5.41) is 11.5. The molecule has 0 spiro atoms. The maximum absolute atomic E-state index is 14.2. The van der Waals surface area contributed by atoms with Gasteiger partial charge in [0, 0.05) is 6.04 Å². The molecule has 1 atom stereocenters. The smallest absolute Gasteiger partial charge is 0.254 e.